The van der Waals surface area contributed by atoms with Crippen LogP contribution in [0, 0.1) is 13.8 Å². The molecular formula is C12H15N3O2S. The summed E-state index contributed by atoms with van der Waals surface area (Å²) in [5.74, 6) is -0.139. The van der Waals surface area contributed by atoms with Crippen LogP contribution >= 0.6 is 11.3 Å². The van der Waals surface area contributed by atoms with Gasteiger partial charge in [0.25, 0.3) is 0 Å². The van der Waals surface area contributed by atoms with Crippen LogP contribution in [0.3, 0.4) is 0 Å². The van der Waals surface area contributed by atoms with E-state index in [-0.39, 0.29) is 6.54 Å². The quantitative estimate of drug-likeness (QED) is 0.918. The van der Waals surface area contributed by atoms with Gasteiger partial charge in [-0.15, -0.1) is 11.3 Å². The number of nitrogens with zero attached hydrogens (tertiary/aromatic N) is 3. The third kappa shape index (κ3) is 2.15. The lowest BCUT2D eigenvalue weighted by atomic mass is 10.2. The minimum atomic E-state index is -0.854. The number of hydrogen-bond donors (Lipinski definition) is 1. The molecule has 2 rings (SSSR count). The molecule has 0 aliphatic rings. The second-order valence-corrected chi connectivity index (χ2v) is 5.27. The van der Waals surface area contributed by atoms with Crippen LogP contribution in [0.5, 0.6) is 0 Å². The summed E-state index contributed by atoms with van der Waals surface area (Å²) >= 11 is 1.61. The summed E-state index contributed by atoms with van der Waals surface area (Å²) < 4.78 is 0. The van der Waals surface area contributed by atoms with Crippen molar-refractivity contribution in [2.24, 2.45) is 0 Å². The number of likely N-dealkylation sites (N-methyl/N-ethyl adjacent to an activating group) is 1. The molecule has 0 radical (unpaired) electrons. The molecule has 6 heteroatoms. The van der Waals surface area contributed by atoms with E-state index in [1.165, 1.54) is 11.2 Å². The monoisotopic (exact) mass is 265 g/mol. The Hall–Kier alpha value is -1.69. The van der Waals surface area contributed by atoms with E-state index in [0.717, 1.165) is 15.8 Å². The van der Waals surface area contributed by atoms with Crippen LogP contribution in [0.4, 0.5) is 5.82 Å². The average molecular weight is 265 g/mol. The molecule has 0 bridgehead atoms. The fourth-order valence-electron chi connectivity index (χ4n) is 1.90. The lowest BCUT2D eigenvalue weighted by molar-refractivity contribution is -0.135. The van der Waals surface area contributed by atoms with Gasteiger partial charge in [0, 0.05) is 11.4 Å². The third-order valence-electron chi connectivity index (χ3n) is 2.95. The molecule has 0 amide bonds. The van der Waals surface area contributed by atoms with Crippen LogP contribution < -0.4 is 4.90 Å². The van der Waals surface area contributed by atoms with Crippen molar-refractivity contribution < 1.29 is 9.90 Å². The second kappa shape index (κ2) is 4.89. The first kappa shape index (κ1) is 12.8. The summed E-state index contributed by atoms with van der Waals surface area (Å²) in [5, 5.41) is 9.92. The Balaban J connectivity index is 2.58. The average Bonchev–Trinajstić information content (AvgIpc) is 2.62. The van der Waals surface area contributed by atoms with E-state index >= 15 is 0 Å². The van der Waals surface area contributed by atoms with Crippen molar-refractivity contribution >= 4 is 33.3 Å². The van der Waals surface area contributed by atoms with Crippen LogP contribution in [0.25, 0.3) is 10.2 Å². The minimum absolute atomic E-state index is 0.0447. The molecule has 2 heterocycles. The summed E-state index contributed by atoms with van der Waals surface area (Å²) in [4.78, 5) is 23.3. The highest BCUT2D eigenvalue weighted by atomic mass is 32.1. The molecule has 0 unspecified atom stereocenters. The smallest absolute Gasteiger partial charge is 0.323 e. The Bertz CT molecular complexity index is 594. The first-order valence-corrected chi connectivity index (χ1v) is 6.53. The summed E-state index contributed by atoms with van der Waals surface area (Å²) in [6.45, 7) is 6.55. The molecule has 0 aliphatic heterocycles. The van der Waals surface area contributed by atoms with Gasteiger partial charge in [0.1, 0.15) is 23.5 Å². The van der Waals surface area contributed by atoms with Gasteiger partial charge >= 0.3 is 5.97 Å². The van der Waals surface area contributed by atoms with Crippen LogP contribution in [0.15, 0.2) is 6.33 Å². The maximum Gasteiger partial charge on any atom is 0.323 e. The van der Waals surface area contributed by atoms with Gasteiger partial charge in [0.05, 0.1) is 5.39 Å². The first-order valence-electron chi connectivity index (χ1n) is 5.72. The summed E-state index contributed by atoms with van der Waals surface area (Å²) in [7, 11) is 0. The van der Waals surface area contributed by atoms with Gasteiger partial charge in [-0.3, -0.25) is 4.79 Å². The standard InChI is InChI=1S/C12H15N3O2S/c1-4-15(5-9(16)17)11-10-7(2)8(3)18-12(10)14-6-13-11/h6H,4-5H2,1-3H3,(H,16,17). The van der Waals surface area contributed by atoms with Crippen LogP contribution in [0.1, 0.15) is 17.4 Å². The van der Waals surface area contributed by atoms with E-state index in [2.05, 4.69) is 9.97 Å². The van der Waals surface area contributed by atoms with E-state index in [9.17, 15) is 4.79 Å². The van der Waals surface area contributed by atoms with Crippen molar-refractivity contribution in [3.8, 4) is 0 Å². The van der Waals surface area contributed by atoms with Crippen molar-refractivity contribution in [1.82, 2.24) is 9.97 Å². The van der Waals surface area contributed by atoms with E-state index in [1.807, 2.05) is 20.8 Å². The summed E-state index contributed by atoms with van der Waals surface area (Å²) in [6, 6.07) is 0. The first-order chi connectivity index (χ1) is 8.54. The summed E-state index contributed by atoms with van der Waals surface area (Å²) in [5.41, 5.74) is 1.13. The molecule has 0 spiro atoms. The molecule has 0 aromatic carbocycles. The van der Waals surface area contributed by atoms with Crippen molar-refractivity contribution in [2.75, 3.05) is 18.0 Å². The Morgan fingerprint density at radius 2 is 2.17 bits per heavy atom. The Kier molecular flexibility index (Phi) is 3.47. The predicted molar refractivity (Wildman–Crippen MR) is 72.4 cm³/mol. The normalized spacial score (nSPS) is 10.8. The number of rotatable bonds is 4. The Morgan fingerprint density at radius 3 is 2.78 bits per heavy atom. The Labute approximate surface area is 109 Å². The second-order valence-electron chi connectivity index (χ2n) is 4.07. The molecule has 18 heavy (non-hydrogen) atoms. The number of carboxylic acid groups (broad SMARTS) is 1. The molecule has 2 aromatic rings. The predicted octanol–water partition coefficient (Wildman–Crippen LogP) is 2.22. The van der Waals surface area contributed by atoms with Gasteiger partial charge in [-0.1, -0.05) is 0 Å². The maximum absolute atomic E-state index is 10.9. The number of aromatic nitrogens is 2. The van der Waals surface area contributed by atoms with E-state index < -0.39 is 5.97 Å². The number of fused-ring (bicyclic) bond motifs is 1. The number of anilines is 1. The lowest BCUT2D eigenvalue weighted by Crippen LogP contribution is -2.30. The molecule has 0 saturated carbocycles. The van der Waals surface area contributed by atoms with Crippen molar-refractivity contribution in [3.05, 3.63) is 16.8 Å². The molecule has 0 saturated heterocycles. The molecule has 96 valence electrons. The number of carboxylic acids is 1. The molecule has 1 N–H and O–H groups in total. The number of aliphatic carboxylic acids is 1. The lowest BCUT2D eigenvalue weighted by Gasteiger charge is -2.20. The van der Waals surface area contributed by atoms with Gasteiger partial charge in [-0.05, 0) is 26.3 Å². The van der Waals surface area contributed by atoms with Gasteiger partial charge < -0.3 is 10.0 Å². The highest BCUT2D eigenvalue weighted by Gasteiger charge is 2.17. The van der Waals surface area contributed by atoms with E-state index in [0.29, 0.717) is 12.4 Å². The van der Waals surface area contributed by atoms with Crippen LogP contribution in [0.2, 0.25) is 0 Å². The minimum Gasteiger partial charge on any atom is -0.480 e. The number of thiophene rings is 1. The van der Waals surface area contributed by atoms with Gasteiger partial charge in [0.15, 0.2) is 0 Å². The maximum atomic E-state index is 10.9. The highest BCUT2D eigenvalue weighted by Crippen LogP contribution is 2.33. The summed E-state index contributed by atoms with van der Waals surface area (Å²) in [6.07, 6.45) is 1.50. The molecule has 2 aromatic heterocycles. The zero-order chi connectivity index (χ0) is 13.3. The molecular weight excluding hydrogens is 250 g/mol. The SMILES string of the molecule is CCN(CC(=O)O)c1ncnc2sc(C)c(C)c12. The molecule has 0 fully saturated rings. The van der Waals surface area contributed by atoms with E-state index in [4.69, 9.17) is 5.11 Å². The number of carbonyl (C=O) groups is 1. The molecule has 0 aliphatic carbocycles. The molecule has 0 atom stereocenters. The molecule has 5 nitrogen and oxygen atoms in total. The van der Waals surface area contributed by atoms with Crippen molar-refractivity contribution in [2.45, 2.75) is 20.8 Å². The van der Waals surface area contributed by atoms with Crippen LogP contribution in [-0.4, -0.2) is 34.1 Å². The number of aryl methyl sites for hydroxylation is 2. The topological polar surface area (TPSA) is 66.3 Å². The van der Waals surface area contributed by atoms with Gasteiger partial charge in [-0.2, -0.15) is 0 Å². The van der Waals surface area contributed by atoms with E-state index in [1.54, 1.807) is 16.2 Å². The fraction of sp³-hybridized carbons (Fsp3) is 0.417. The third-order valence-corrected chi connectivity index (χ3v) is 4.07. The van der Waals surface area contributed by atoms with Gasteiger partial charge in [0.2, 0.25) is 0 Å². The van der Waals surface area contributed by atoms with Gasteiger partial charge in [-0.25, -0.2) is 9.97 Å². The van der Waals surface area contributed by atoms with Crippen LogP contribution in [-0.2, 0) is 4.79 Å². The zero-order valence-corrected chi connectivity index (χ0v) is 11.4. The highest BCUT2D eigenvalue weighted by molar-refractivity contribution is 7.18. The Morgan fingerprint density at radius 1 is 1.44 bits per heavy atom. The fourth-order valence-corrected chi connectivity index (χ4v) is 2.89. The van der Waals surface area contributed by atoms with Crippen molar-refractivity contribution in [1.29, 1.82) is 0 Å². The largest absolute Gasteiger partial charge is 0.480 e. The van der Waals surface area contributed by atoms with Crippen molar-refractivity contribution in [3.63, 3.8) is 0 Å². The zero-order valence-electron chi connectivity index (χ0n) is 10.6. The number of hydrogen-bond acceptors (Lipinski definition) is 5.